The molecule has 1 saturated carbocycles. The second-order valence-corrected chi connectivity index (χ2v) is 4.39. The smallest absolute Gasteiger partial charge is 0.235 e. The molecule has 0 aliphatic heterocycles. The van der Waals surface area contributed by atoms with Gasteiger partial charge in [0.2, 0.25) is 6.08 Å². The van der Waals surface area contributed by atoms with Crippen molar-refractivity contribution in [3.05, 3.63) is 28.3 Å². The van der Waals surface area contributed by atoms with Crippen LogP contribution in [-0.2, 0) is 10.3 Å². The molecule has 0 heterocycles. The van der Waals surface area contributed by atoms with Crippen molar-refractivity contribution >= 4 is 17.7 Å². The highest BCUT2D eigenvalue weighted by molar-refractivity contribution is 6.33. The Kier molecular flexibility index (Phi) is 2.75. The SMILES string of the molecule is COc1c(C2(N=C=O)CC2)ccc(C)c1Cl. The van der Waals surface area contributed by atoms with Crippen LogP contribution in [0.2, 0.25) is 5.02 Å². The van der Waals surface area contributed by atoms with Crippen molar-refractivity contribution in [1.82, 2.24) is 0 Å². The molecule has 2 rings (SSSR count). The van der Waals surface area contributed by atoms with E-state index in [0.717, 1.165) is 24.0 Å². The molecule has 1 aliphatic carbocycles. The zero-order valence-electron chi connectivity index (χ0n) is 9.21. The van der Waals surface area contributed by atoms with Crippen molar-refractivity contribution in [3.8, 4) is 5.75 Å². The van der Waals surface area contributed by atoms with E-state index in [4.69, 9.17) is 16.3 Å². The number of benzene rings is 1. The number of hydrogen-bond donors (Lipinski definition) is 0. The summed E-state index contributed by atoms with van der Waals surface area (Å²) in [7, 11) is 1.57. The van der Waals surface area contributed by atoms with E-state index in [1.54, 1.807) is 13.2 Å². The first-order valence-electron chi connectivity index (χ1n) is 5.07. The largest absolute Gasteiger partial charge is 0.495 e. The monoisotopic (exact) mass is 237 g/mol. The summed E-state index contributed by atoms with van der Waals surface area (Å²) in [6.07, 6.45) is 3.32. The van der Waals surface area contributed by atoms with Gasteiger partial charge in [-0.2, -0.15) is 4.99 Å². The Morgan fingerprint density at radius 2 is 2.19 bits per heavy atom. The number of rotatable bonds is 3. The normalized spacial score (nSPS) is 16.4. The highest BCUT2D eigenvalue weighted by atomic mass is 35.5. The summed E-state index contributed by atoms with van der Waals surface area (Å²) in [5.41, 5.74) is 1.40. The van der Waals surface area contributed by atoms with Gasteiger partial charge in [0.05, 0.1) is 12.1 Å². The third-order valence-corrected chi connectivity index (χ3v) is 3.45. The van der Waals surface area contributed by atoms with E-state index in [2.05, 4.69) is 4.99 Å². The fraction of sp³-hybridized carbons (Fsp3) is 0.417. The van der Waals surface area contributed by atoms with Gasteiger partial charge in [-0.25, -0.2) is 4.79 Å². The van der Waals surface area contributed by atoms with Gasteiger partial charge in [-0.05, 0) is 25.3 Å². The molecule has 0 radical (unpaired) electrons. The molecule has 0 atom stereocenters. The Balaban J connectivity index is 2.57. The number of ether oxygens (including phenoxy) is 1. The van der Waals surface area contributed by atoms with E-state index in [0.29, 0.717) is 10.8 Å². The summed E-state index contributed by atoms with van der Waals surface area (Å²) in [6.45, 7) is 1.91. The minimum atomic E-state index is -0.440. The highest BCUT2D eigenvalue weighted by Crippen LogP contribution is 2.53. The molecule has 0 unspecified atom stereocenters. The lowest BCUT2D eigenvalue weighted by atomic mass is 10.0. The second-order valence-electron chi connectivity index (χ2n) is 4.01. The lowest BCUT2D eigenvalue weighted by Gasteiger charge is -2.15. The lowest BCUT2D eigenvalue weighted by molar-refractivity contribution is 0.404. The van der Waals surface area contributed by atoms with Gasteiger partial charge in [-0.3, -0.25) is 0 Å². The molecule has 1 aromatic carbocycles. The van der Waals surface area contributed by atoms with Gasteiger partial charge >= 0.3 is 0 Å². The zero-order chi connectivity index (χ0) is 11.8. The number of isocyanates is 1. The molecule has 3 nitrogen and oxygen atoms in total. The zero-order valence-corrected chi connectivity index (χ0v) is 9.97. The maximum atomic E-state index is 10.4. The van der Waals surface area contributed by atoms with Crippen LogP contribution < -0.4 is 4.74 Å². The van der Waals surface area contributed by atoms with Crippen molar-refractivity contribution in [2.45, 2.75) is 25.3 Å². The summed E-state index contributed by atoms with van der Waals surface area (Å²) in [6, 6.07) is 3.84. The summed E-state index contributed by atoms with van der Waals surface area (Å²) in [5, 5.41) is 0.590. The van der Waals surface area contributed by atoms with Crippen LogP contribution in [0.15, 0.2) is 17.1 Å². The number of aryl methyl sites for hydroxylation is 1. The number of nitrogens with zero attached hydrogens (tertiary/aromatic N) is 1. The summed E-state index contributed by atoms with van der Waals surface area (Å²) < 4.78 is 5.31. The first-order valence-corrected chi connectivity index (χ1v) is 5.45. The summed E-state index contributed by atoms with van der Waals surface area (Å²) in [4.78, 5) is 14.3. The Bertz CT molecular complexity index is 474. The molecule has 0 N–H and O–H groups in total. The van der Waals surface area contributed by atoms with Crippen molar-refractivity contribution < 1.29 is 9.53 Å². The standard InChI is InChI=1S/C12H12ClNO2/c1-8-3-4-9(11(16-2)10(8)13)12(5-6-12)14-7-15/h3-4H,5-6H2,1-2H3. The van der Waals surface area contributed by atoms with Crippen LogP contribution in [0, 0.1) is 6.92 Å². The summed E-state index contributed by atoms with van der Waals surface area (Å²) in [5.74, 6) is 0.623. The van der Waals surface area contributed by atoms with Gasteiger partial charge in [-0.1, -0.05) is 23.7 Å². The number of carbonyl (C=O) groups excluding carboxylic acids is 1. The molecule has 84 valence electrons. The maximum absolute atomic E-state index is 10.4. The molecule has 0 amide bonds. The molecule has 16 heavy (non-hydrogen) atoms. The summed E-state index contributed by atoms with van der Waals surface area (Å²) >= 11 is 6.17. The van der Waals surface area contributed by atoms with E-state index >= 15 is 0 Å². The van der Waals surface area contributed by atoms with Crippen LogP contribution >= 0.6 is 11.6 Å². The first-order chi connectivity index (χ1) is 7.64. The van der Waals surface area contributed by atoms with E-state index in [-0.39, 0.29) is 0 Å². The van der Waals surface area contributed by atoms with Crippen molar-refractivity contribution in [3.63, 3.8) is 0 Å². The van der Waals surface area contributed by atoms with E-state index in [9.17, 15) is 4.79 Å². The van der Waals surface area contributed by atoms with E-state index in [1.165, 1.54) is 0 Å². The van der Waals surface area contributed by atoms with Gasteiger partial charge < -0.3 is 4.74 Å². The number of aliphatic imine (C=N–C) groups is 1. The lowest BCUT2D eigenvalue weighted by Crippen LogP contribution is -2.06. The van der Waals surface area contributed by atoms with Gasteiger partial charge in [0.15, 0.2) is 0 Å². The highest BCUT2D eigenvalue weighted by Gasteiger charge is 2.47. The first kappa shape index (κ1) is 11.2. The third-order valence-electron chi connectivity index (χ3n) is 2.98. The second kappa shape index (κ2) is 3.93. The molecule has 0 bridgehead atoms. The minimum Gasteiger partial charge on any atom is -0.495 e. The van der Waals surface area contributed by atoms with Crippen LogP contribution in [0.4, 0.5) is 0 Å². The van der Waals surface area contributed by atoms with Crippen LogP contribution in [0.25, 0.3) is 0 Å². The van der Waals surface area contributed by atoms with E-state index in [1.807, 2.05) is 19.1 Å². The molecule has 1 aromatic rings. The number of hydrogen-bond acceptors (Lipinski definition) is 3. The number of halogens is 1. The molecule has 0 spiro atoms. The van der Waals surface area contributed by atoms with E-state index < -0.39 is 5.54 Å². The molecule has 1 fully saturated rings. The Labute approximate surface area is 99.1 Å². The molecular weight excluding hydrogens is 226 g/mol. The third kappa shape index (κ3) is 1.62. The van der Waals surface area contributed by atoms with Crippen LogP contribution in [0.1, 0.15) is 24.0 Å². The van der Waals surface area contributed by atoms with Crippen LogP contribution in [0.3, 0.4) is 0 Å². The van der Waals surface area contributed by atoms with Gasteiger partial charge in [0.1, 0.15) is 11.3 Å². The van der Waals surface area contributed by atoms with Crippen molar-refractivity contribution in [2.24, 2.45) is 4.99 Å². The van der Waals surface area contributed by atoms with Crippen molar-refractivity contribution in [2.75, 3.05) is 7.11 Å². The Hall–Kier alpha value is -1.31. The predicted octanol–water partition coefficient (Wildman–Crippen LogP) is 2.98. The quantitative estimate of drug-likeness (QED) is 0.599. The van der Waals surface area contributed by atoms with Gasteiger partial charge in [0.25, 0.3) is 0 Å². The van der Waals surface area contributed by atoms with Gasteiger partial charge in [-0.15, -0.1) is 0 Å². The topological polar surface area (TPSA) is 38.7 Å². The molecule has 0 aromatic heterocycles. The number of methoxy groups -OCH3 is 1. The van der Waals surface area contributed by atoms with Crippen LogP contribution in [-0.4, -0.2) is 13.2 Å². The van der Waals surface area contributed by atoms with Crippen LogP contribution in [0.5, 0.6) is 5.75 Å². The predicted molar refractivity (Wildman–Crippen MR) is 61.8 cm³/mol. The maximum Gasteiger partial charge on any atom is 0.235 e. The average Bonchev–Trinajstić information content (AvgIpc) is 3.03. The average molecular weight is 238 g/mol. The Morgan fingerprint density at radius 3 is 2.69 bits per heavy atom. The van der Waals surface area contributed by atoms with Gasteiger partial charge in [0, 0.05) is 5.56 Å². The fourth-order valence-electron chi connectivity index (χ4n) is 1.87. The Morgan fingerprint density at radius 1 is 1.50 bits per heavy atom. The molecule has 1 aliphatic rings. The molecule has 4 heteroatoms. The fourth-order valence-corrected chi connectivity index (χ4v) is 2.11. The minimum absolute atomic E-state index is 0.440. The van der Waals surface area contributed by atoms with Crippen molar-refractivity contribution in [1.29, 1.82) is 0 Å². The molecule has 0 saturated heterocycles. The molecular formula is C12H12ClNO2.